The minimum Gasteiger partial charge on any atom is -0.350 e. The van der Waals surface area contributed by atoms with Gasteiger partial charge in [0.25, 0.3) is 11.8 Å². The number of carbonyl (C=O) groups is 2. The molecule has 0 fully saturated rings. The van der Waals surface area contributed by atoms with Crippen molar-refractivity contribution in [1.82, 2.24) is 10.6 Å². The van der Waals surface area contributed by atoms with Crippen molar-refractivity contribution in [1.29, 1.82) is 0 Å². The summed E-state index contributed by atoms with van der Waals surface area (Å²) in [5, 5.41) is 5.81. The molecule has 0 aliphatic carbocycles. The van der Waals surface area contributed by atoms with Crippen molar-refractivity contribution in [2.75, 3.05) is 0 Å². The van der Waals surface area contributed by atoms with Gasteiger partial charge in [-0.1, -0.05) is 31.2 Å². The van der Waals surface area contributed by atoms with Crippen LogP contribution in [-0.2, 0) is 13.1 Å². The van der Waals surface area contributed by atoms with Crippen LogP contribution < -0.4 is 16.4 Å². The minimum absolute atomic E-state index is 0. The maximum absolute atomic E-state index is 12.2. The molecule has 0 aliphatic heterocycles. The van der Waals surface area contributed by atoms with E-state index in [1.54, 1.807) is 24.3 Å². The number of rotatable bonds is 7. The summed E-state index contributed by atoms with van der Waals surface area (Å²) in [6, 6.07) is 14.6. The van der Waals surface area contributed by atoms with E-state index in [2.05, 4.69) is 10.6 Å². The van der Waals surface area contributed by atoms with Gasteiger partial charge in [-0.05, 0) is 48.7 Å². The van der Waals surface area contributed by atoms with Gasteiger partial charge in [-0.25, -0.2) is 0 Å². The number of carbonyl (C=O) groups excluding carboxylic acids is 2. The van der Waals surface area contributed by atoms with Gasteiger partial charge in [0.15, 0.2) is 0 Å². The maximum Gasteiger partial charge on any atom is 0.251 e. The van der Waals surface area contributed by atoms with Gasteiger partial charge in [-0.3, -0.25) is 9.59 Å². The molecule has 0 heterocycles. The van der Waals surface area contributed by atoms with Crippen LogP contribution >= 0.6 is 12.4 Å². The normalized spacial score (nSPS) is 11.2. The fourth-order valence-corrected chi connectivity index (χ4v) is 2.31. The Balaban J connectivity index is 0.00000338. The van der Waals surface area contributed by atoms with Crippen molar-refractivity contribution in [2.24, 2.45) is 5.73 Å². The van der Waals surface area contributed by atoms with E-state index in [1.807, 2.05) is 38.1 Å². The Hall–Kier alpha value is -2.37. The Morgan fingerprint density at radius 1 is 1.00 bits per heavy atom. The van der Waals surface area contributed by atoms with Crippen molar-refractivity contribution in [3.05, 3.63) is 70.8 Å². The summed E-state index contributed by atoms with van der Waals surface area (Å²) in [5.41, 5.74) is 8.60. The molecule has 2 amide bonds. The highest BCUT2D eigenvalue weighted by molar-refractivity contribution is 5.95. The second kappa shape index (κ2) is 10.6. The van der Waals surface area contributed by atoms with Crippen LogP contribution in [0.25, 0.3) is 0 Å². The Kier molecular flexibility index (Phi) is 8.82. The lowest BCUT2D eigenvalue weighted by molar-refractivity contribution is 0.0936. The van der Waals surface area contributed by atoms with Crippen LogP contribution in [0.3, 0.4) is 0 Å². The lowest BCUT2D eigenvalue weighted by Crippen LogP contribution is -2.32. The molecule has 0 spiro atoms. The molecule has 2 aromatic rings. The van der Waals surface area contributed by atoms with Crippen LogP contribution in [0.4, 0.5) is 0 Å². The van der Waals surface area contributed by atoms with Crippen molar-refractivity contribution < 1.29 is 9.59 Å². The van der Waals surface area contributed by atoms with Crippen LogP contribution in [-0.4, -0.2) is 17.9 Å². The summed E-state index contributed by atoms with van der Waals surface area (Å²) in [6.07, 6.45) is 0.879. The van der Waals surface area contributed by atoms with E-state index in [9.17, 15) is 9.59 Å². The fraction of sp³-hybridized carbons (Fsp3) is 0.300. The van der Waals surface area contributed by atoms with Gasteiger partial charge in [0.05, 0.1) is 0 Å². The van der Waals surface area contributed by atoms with Crippen LogP contribution in [0.15, 0.2) is 48.5 Å². The van der Waals surface area contributed by atoms with E-state index < -0.39 is 0 Å². The van der Waals surface area contributed by atoms with Crippen molar-refractivity contribution >= 4 is 24.2 Å². The largest absolute Gasteiger partial charge is 0.350 e. The number of halogens is 1. The molecule has 140 valence electrons. The van der Waals surface area contributed by atoms with Gasteiger partial charge >= 0.3 is 0 Å². The highest BCUT2D eigenvalue weighted by atomic mass is 35.5. The second-order valence-corrected chi connectivity index (χ2v) is 6.07. The number of nitrogens with one attached hydrogen (secondary N) is 2. The second-order valence-electron chi connectivity index (χ2n) is 6.07. The zero-order valence-corrected chi connectivity index (χ0v) is 15.9. The molecular formula is C20H26ClN3O2. The highest BCUT2D eigenvalue weighted by Gasteiger charge is 2.10. The van der Waals surface area contributed by atoms with Crippen LogP contribution in [0.5, 0.6) is 0 Å². The number of hydrogen-bond donors (Lipinski definition) is 3. The van der Waals surface area contributed by atoms with Gasteiger partial charge in [-0.2, -0.15) is 0 Å². The SMILES string of the molecule is CCC(C)NC(=O)c1cccc(CNC(=O)c2ccc(CN)cc2)c1.Cl. The Morgan fingerprint density at radius 3 is 2.31 bits per heavy atom. The summed E-state index contributed by atoms with van der Waals surface area (Å²) < 4.78 is 0. The molecule has 0 aliphatic rings. The zero-order valence-electron chi connectivity index (χ0n) is 15.1. The van der Waals surface area contributed by atoms with E-state index in [-0.39, 0.29) is 30.3 Å². The molecule has 0 saturated carbocycles. The first kappa shape index (κ1) is 21.7. The molecule has 1 atom stereocenters. The first-order chi connectivity index (χ1) is 12.0. The molecule has 6 heteroatoms. The molecule has 0 aromatic heterocycles. The predicted octanol–water partition coefficient (Wildman–Crippen LogP) is 3.03. The first-order valence-electron chi connectivity index (χ1n) is 8.50. The van der Waals surface area contributed by atoms with Crippen molar-refractivity contribution in [3.8, 4) is 0 Å². The topological polar surface area (TPSA) is 84.2 Å². The molecule has 1 unspecified atom stereocenters. The molecule has 0 radical (unpaired) electrons. The quantitative estimate of drug-likeness (QED) is 0.695. The Labute approximate surface area is 160 Å². The van der Waals surface area contributed by atoms with Crippen molar-refractivity contribution in [2.45, 2.75) is 39.4 Å². The van der Waals surface area contributed by atoms with Gasteiger partial charge in [-0.15, -0.1) is 12.4 Å². The lowest BCUT2D eigenvalue weighted by Gasteiger charge is -2.12. The number of benzene rings is 2. The summed E-state index contributed by atoms with van der Waals surface area (Å²) in [5.74, 6) is -0.252. The third-order valence-corrected chi connectivity index (χ3v) is 4.08. The van der Waals surface area contributed by atoms with Crippen molar-refractivity contribution in [3.63, 3.8) is 0 Å². The molecule has 5 nitrogen and oxygen atoms in total. The van der Waals surface area contributed by atoms with Gasteiger partial charge in [0.1, 0.15) is 0 Å². The van der Waals surface area contributed by atoms with Crippen LogP contribution in [0.1, 0.15) is 52.1 Å². The van der Waals surface area contributed by atoms with Gasteiger partial charge in [0, 0.05) is 30.3 Å². The summed E-state index contributed by atoms with van der Waals surface area (Å²) in [6.45, 7) is 4.81. The molecule has 0 saturated heterocycles. The standard InChI is InChI=1S/C20H25N3O2.ClH/c1-3-14(2)23-20(25)18-6-4-5-16(11-18)13-22-19(24)17-9-7-15(12-21)8-10-17;/h4-11,14H,3,12-13,21H2,1-2H3,(H,22,24)(H,23,25);1H. The first-order valence-corrected chi connectivity index (χ1v) is 8.50. The smallest absolute Gasteiger partial charge is 0.251 e. The average molecular weight is 376 g/mol. The highest BCUT2D eigenvalue weighted by Crippen LogP contribution is 2.08. The molecule has 0 bridgehead atoms. The van der Waals surface area contributed by atoms with E-state index >= 15 is 0 Å². The number of hydrogen-bond acceptors (Lipinski definition) is 3. The maximum atomic E-state index is 12.2. The van der Waals surface area contributed by atoms with Gasteiger partial charge in [0.2, 0.25) is 0 Å². The van der Waals surface area contributed by atoms with E-state index in [0.717, 1.165) is 17.5 Å². The third-order valence-electron chi connectivity index (χ3n) is 4.08. The number of amides is 2. The zero-order chi connectivity index (χ0) is 18.2. The Morgan fingerprint density at radius 2 is 1.69 bits per heavy atom. The molecule has 26 heavy (non-hydrogen) atoms. The average Bonchev–Trinajstić information content (AvgIpc) is 2.66. The lowest BCUT2D eigenvalue weighted by atomic mass is 10.1. The Bertz CT molecular complexity index is 732. The molecule has 2 aromatic carbocycles. The molecule has 4 N–H and O–H groups in total. The summed E-state index contributed by atoms with van der Waals surface area (Å²) in [7, 11) is 0. The van der Waals surface area contributed by atoms with E-state index in [0.29, 0.717) is 24.2 Å². The molecular weight excluding hydrogens is 350 g/mol. The van der Waals surface area contributed by atoms with Crippen LogP contribution in [0.2, 0.25) is 0 Å². The third kappa shape index (κ3) is 6.17. The van der Waals surface area contributed by atoms with E-state index in [1.165, 1.54) is 0 Å². The fourth-order valence-electron chi connectivity index (χ4n) is 2.31. The number of nitrogens with two attached hydrogens (primary N) is 1. The molecule has 2 rings (SSSR count). The van der Waals surface area contributed by atoms with Crippen LogP contribution in [0, 0.1) is 0 Å². The van der Waals surface area contributed by atoms with E-state index in [4.69, 9.17) is 5.73 Å². The monoisotopic (exact) mass is 375 g/mol. The minimum atomic E-state index is -0.155. The summed E-state index contributed by atoms with van der Waals surface area (Å²) >= 11 is 0. The summed E-state index contributed by atoms with van der Waals surface area (Å²) in [4.78, 5) is 24.4. The predicted molar refractivity (Wildman–Crippen MR) is 106 cm³/mol. The van der Waals surface area contributed by atoms with Gasteiger partial charge < -0.3 is 16.4 Å².